The van der Waals surface area contributed by atoms with Crippen LogP contribution in [0.1, 0.15) is 33.6 Å². The van der Waals surface area contributed by atoms with Crippen molar-refractivity contribution < 1.29 is 4.79 Å². The number of rotatable bonds is 5. The largest absolute Gasteiger partial charge is 0.387 e. The highest BCUT2D eigenvalue weighted by Crippen LogP contribution is 1.98. The topological polar surface area (TPSA) is 58.7 Å². The van der Waals surface area contributed by atoms with Crippen LogP contribution in [0.3, 0.4) is 0 Å². The molecule has 2 N–H and O–H groups in total. The molecule has 0 spiro atoms. The number of nitrogens with zero attached hydrogens (tertiary/aromatic N) is 2. The zero-order valence-electron chi connectivity index (χ0n) is 9.58. The molecule has 0 heterocycles. The Hall–Kier alpha value is -1.06. The Labute approximate surface area is 86.2 Å². The first kappa shape index (κ1) is 12.9. The van der Waals surface area contributed by atoms with Gasteiger partial charge in [0, 0.05) is 20.0 Å². The van der Waals surface area contributed by atoms with Gasteiger partial charge in [-0.1, -0.05) is 6.92 Å². The average Bonchev–Trinajstić information content (AvgIpc) is 2.15. The van der Waals surface area contributed by atoms with Crippen LogP contribution in [-0.4, -0.2) is 36.3 Å². The predicted molar refractivity (Wildman–Crippen MR) is 59.3 cm³/mol. The van der Waals surface area contributed by atoms with Crippen LogP contribution in [0.15, 0.2) is 4.99 Å². The second-order valence-electron chi connectivity index (χ2n) is 3.40. The normalized spacial score (nSPS) is 13.9. The van der Waals surface area contributed by atoms with Gasteiger partial charge >= 0.3 is 0 Å². The maximum absolute atomic E-state index is 11.6. The fraction of sp³-hybridized carbons (Fsp3) is 0.800. The molecular formula is C10H21N3O. The molecule has 0 aromatic carbocycles. The number of amides is 1. The van der Waals surface area contributed by atoms with E-state index in [0.717, 1.165) is 12.8 Å². The summed E-state index contributed by atoms with van der Waals surface area (Å²) >= 11 is 0. The molecule has 0 aliphatic rings. The van der Waals surface area contributed by atoms with Gasteiger partial charge in [0.05, 0.1) is 5.84 Å². The van der Waals surface area contributed by atoms with Crippen molar-refractivity contribution >= 4 is 11.7 Å². The highest BCUT2D eigenvalue weighted by Gasteiger charge is 2.14. The molecule has 1 amide bonds. The van der Waals surface area contributed by atoms with E-state index in [9.17, 15) is 4.79 Å². The van der Waals surface area contributed by atoms with Crippen LogP contribution in [-0.2, 0) is 4.79 Å². The molecule has 1 unspecified atom stereocenters. The van der Waals surface area contributed by atoms with Crippen LogP contribution < -0.4 is 5.73 Å². The third-order valence-corrected chi connectivity index (χ3v) is 2.07. The van der Waals surface area contributed by atoms with Crippen molar-refractivity contribution in [1.29, 1.82) is 0 Å². The fourth-order valence-corrected chi connectivity index (χ4v) is 1.10. The molecule has 0 aromatic heterocycles. The van der Waals surface area contributed by atoms with Gasteiger partial charge in [0.25, 0.3) is 0 Å². The van der Waals surface area contributed by atoms with Gasteiger partial charge in [0.1, 0.15) is 6.04 Å². The fourth-order valence-electron chi connectivity index (χ4n) is 1.10. The van der Waals surface area contributed by atoms with E-state index in [-0.39, 0.29) is 11.9 Å². The van der Waals surface area contributed by atoms with Crippen LogP contribution in [0.25, 0.3) is 0 Å². The van der Waals surface area contributed by atoms with E-state index in [4.69, 9.17) is 5.73 Å². The summed E-state index contributed by atoms with van der Waals surface area (Å²) in [5, 5.41) is 0. The Morgan fingerprint density at radius 2 is 2.07 bits per heavy atom. The van der Waals surface area contributed by atoms with E-state index in [1.807, 2.05) is 13.8 Å². The van der Waals surface area contributed by atoms with E-state index >= 15 is 0 Å². The summed E-state index contributed by atoms with van der Waals surface area (Å²) in [6.45, 7) is 6.44. The molecule has 1 atom stereocenters. The SMILES string of the molecule is CCCC(N)=NC(C)C(=O)N(C)CC. The number of aliphatic imine (C=N–C) groups is 1. The number of nitrogens with two attached hydrogens (primary N) is 1. The summed E-state index contributed by atoms with van der Waals surface area (Å²) in [7, 11) is 1.77. The van der Waals surface area contributed by atoms with E-state index < -0.39 is 0 Å². The first-order valence-corrected chi connectivity index (χ1v) is 5.10. The van der Waals surface area contributed by atoms with Gasteiger partial charge in [0.2, 0.25) is 5.91 Å². The molecule has 0 saturated carbocycles. The Morgan fingerprint density at radius 1 is 1.50 bits per heavy atom. The van der Waals surface area contributed by atoms with Crippen LogP contribution in [0.4, 0.5) is 0 Å². The number of amidine groups is 1. The Bertz CT molecular complexity index is 213. The first-order valence-electron chi connectivity index (χ1n) is 5.10. The van der Waals surface area contributed by atoms with Gasteiger partial charge in [-0.3, -0.25) is 9.79 Å². The highest BCUT2D eigenvalue weighted by molar-refractivity contribution is 5.87. The zero-order valence-corrected chi connectivity index (χ0v) is 9.58. The maximum Gasteiger partial charge on any atom is 0.246 e. The quantitative estimate of drug-likeness (QED) is 0.530. The minimum absolute atomic E-state index is 0.0200. The van der Waals surface area contributed by atoms with E-state index in [1.54, 1.807) is 18.9 Å². The van der Waals surface area contributed by atoms with E-state index in [0.29, 0.717) is 12.4 Å². The smallest absolute Gasteiger partial charge is 0.246 e. The standard InChI is InChI=1S/C10H21N3O/c1-5-7-9(11)12-8(3)10(14)13(4)6-2/h8H,5-7H2,1-4H3,(H2,11,12). The summed E-state index contributed by atoms with van der Waals surface area (Å²) in [5.74, 6) is 0.587. The third-order valence-electron chi connectivity index (χ3n) is 2.07. The molecular weight excluding hydrogens is 178 g/mol. The number of likely N-dealkylation sites (N-methyl/N-ethyl adjacent to an activating group) is 1. The lowest BCUT2D eigenvalue weighted by Gasteiger charge is -2.17. The minimum atomic E-state index is -0.355. The molecule has 14 heavy (non-hydrogen) atoms. The molecule has 0 fully saturated rings. The highest BCUT2D eigenvalue weighted by atomic mass is 16.2. The lowest BCUT2D eigenvalue weighted by atomic mass is 10.3. The second kappa shape index (κ2) is 6.40. The zero-order chi connectivity index (χ0) is 11.1. The summed E-state index contributed by atoms with van der Waals surface area (Å²) in [6.07, 6.45) is 1.72. The summed E-state index contributed by atoms with van der Waals surface area (Å²) < 4.78 is 0. The van der Waals surface area contributed by atoms with Crippen molar-refractivity contribution in [2.24, 2.45) is 10.7 Å². The van der Waals surface area contributed by atoms with Crippen LogP contribution in [0, 0.1) is 0 Å². The van der Waals surface area contributed by atoms with Gasteiger partial charge in [0.15, 0.2) is 0 Å². The average molecular weight is 199 g/mol. The molecule has 0 radical (unpaired) electrons. The maximum atomic E-state index is 11.6. The molecule has 0 aromatic rings. The molecule has 0 aliphatic carbocycles. The molecule has 0 aliphatic heterocycles. The summed E-state index contributed by atoms with van der Waals surface area (Å²) in [6, 6.07) is -0.355. The molecule has 4 heteroatoms. The third kappa shape index (κ3) is 4.25. The number of carbonyl (C=O) groups excluding carboxylic acids is 1. The predicted octanol–water partition coefficient (Wildman–Crippen LogP) is 1.01. The first-order chi connectivity index (χ1) is 6.52. The molecule has 0 saturated heterocycles. The number of carbonyl (C=O) groups is 1. The second-order valence-corrected chi connectivity index (χ2v) is 3.40. The number of hydrogen-bond donors (Lipinski definition) is 1. The van der Waals surface area contributed by atoms with Crippen molar-refractivity contribution in [3.05, 3.63) is 0 Å². The summed E-state index contributed by atoms with van der Waals surface area (Å²) in [4.78, 5) is 17.4. The monoisotopic (exact) mass is 199 g/mol. The van der Waals surface area contributed by atoms with Crippen molar-refractivity contribution in [2.75, 3.05) is 13.6 Å². The number of hydrogen-bond acceptors (Lipinski definition) is 2. The van der Waals surface area contributed by atoms with Gasteiger partial charge in [-0.05, 0) is 20.3 Å². The lowest BCUT2D eigenvalue weighted by Crippen LogP contribution is -2.34. The van der Waals surface area contributed by atoms with Gasteiger partial charge in [-0.15, -0.1) is 0 Å². The molecule has 0 bridgehead atoms. The van der Waals surface area contributed by atoms with Crippen molar-refractivity contribution in [2.45, 2.75) is 39.7 Å². The Morgan fingerprint density at radius 3 is 2.50 bits per heavy atom. The van der Waals surface area contributed by atoms with Gasteiger partial charge in [-0.25, -0.2) is 0 Å². The summed E-state index contributed by atoms with van der Waals surface area (Å²) in [5.41, 5.74) is 5.64. The minimum Gasteiger partial charge on any atom is -0.387 e. The van der Waals surface area contributed by atoms with Crippen LogP contribution in [0.2, 0.25) is 0 Å². The molecule has 4 nitrogen and oxygen atoms in total. The van der Waals surface area contributed by atoms with Crippen LogP contribution >= 0.6 is 0 Å². The van der Waals surface area contributed by atoms with Gasteiger partial charge < -0.3 is 10.6 Å². The van der Waals surface area contributed by atoms with E-state index in [2.05, 4.69) is 4.99 Å². The molecule has 82 valence electrons. The molecule has 0 rings (SSSR count). The Balaban J connectivity index is 4.25. The van der Waals surface area contributed by atoms with Crippen LogP contribution in [0.5, 0.6) is 0 Å². The Kier molecular flexibility index (Phi) is 5.92. The van der Waals surface area contributed by atoms with E-state index in [1.165, 1.54) is 0 Å². The van der Waals surface area contributed by atoms with Crippen molar-refractivity contribution in [3.63, 3.8) is 0 Å². The van der Waals surface area contributed by atoms with Gasteiger partial charge in [-0.2, -0.15) is 0 Å². The lowest BCUT2D eigenvalue weighted by molar-refractivity contribution is -0.130. The van der Waals surface area contributed by atoms with Crippen molar-refractivity contribution in [3.8, 4) is 0 Å². The van der Waals surface area contributed by atoms with Crippen molar-refractivity contribution in [1.82, 2.24) is 4.90 Å².